The number of nitrogens with one attached hydrogen (secondary N) is 2. The Morgan fingerprint density at radius 2 is 1.76 bits per heavy atom. The second kappa shape index (κ2) is 8.10. The number of carbonyl (C=O) groups excluding carboxylic acids is 2. The fraction of sp³-hybridized carbons (Fsp3) is 0.211. The number of phenols is 1. The Kier molecular flexibility index (Phi) is 5.89. The number of anilines is 1. The summed E-state index contributed by atoms with van der Waals surface area (Å²) >= 11 is 0. The van der Waals surface area contributed by atoms with E-state index in [0.29, 0.717) is 17.0 Å². The molecule has 0 aliphatic carbocycles. The van der Waals surface area contributed by atoms with E-state index in [1.165, 1.54) is 6.07 Å². The number of rotatable bonds is 5. The van der Waals surface area contributed by atoms with Gasteiger partial charge in [-0.05, 0) is 44.5 Å². The third kappa shape index (κ3) is 5.17. The topological polar surface area (TPSA) is 90.8 Å². The van der Waals surface area contributed by atoms with Crippen molar-refractivity contribution in [2.75, 3.05) is 5.32 Å². The van der Waals surface area contributed by atoms with Crippen molar-refractivity contribution in [2.45, 2.75) is 27.2 Å². The zero-order chi connectivity index (χ0) is 18.4. The average Bonchev–Trinajstić information content (AvgIpc) is 2.57. The van der Waals surface area contributed by atoms with Crippen LogP contribution in [0.5, 0.6) is 5.75 Å². The van der Waals surface area contributed by atoms with Crippen molar-refractivity contribution in [1.82, 2.24) is 5.43 Å². The number of hydrogen-bond donors (Lipinski definition) is 3. The van der Waals surface area contributed by atoms with Crippen LogP contribution in [0.15, 0.2) is 47.6 Å². The van der Waals surface area contributed by atoms with Gasteiger partial charge in [-0.2, -0.15) is 5.10 Å². The van der Waals surface area contributed by atoms with E-state index in [-0.39, 0.29) is 23.6 Å². The third-order valence-electron chi connectivity index (χ3n) is 3.58. The van der Waals surface area contributed by atoms with Crippen molar-refractivity contribution in [1.29, 1.82) is 0 Å². The van der Waals surface area contributed by atoms with E-state index in [1.807, 2.05) is 31.2 Å². The number of nitrogens with zero attached hydrogens (tertiary/aromatic N) is 1. The number of aryl methyl sites for hydroxylation is 2. The molecule has 6 heteroatoms. The quantitative estimate of drug-likeness (QED) is 0.577. The Balaban J connectivity index is 1.92. The van der Waals surface area contributed by atoms with Crippen LogP contribution in [0, 0.1) is 13.8 Å². The SMILES string of the molecule is C/C(CC(=O)Nc1ccc(C)cc1)=N/NC(=O)c1cccc(C)c1O. The van der Waals surface area contributed by atoms with Crippen LogP contribution in [0.2, 0.25) is 0 Å². The maximum Gasteiger partial charge on any atom is 0.275 e. The minimum absolute atomic E-state index is 0.0496. The van der Waals surface area contributed by atoms with E-state index < -0.39 is 5.91 Å². The molecule has 0 radical (unpaired) electrons. The molecule has 0 unspecified atom stereocenters. The summed E-state index contributed by atoms with van der Waals surface area (Å²) in [6.45, 7) is 5.32. The molecule has 6 nitrogen and oxygen atoms in total. The highest BCUT2D eigenvalue weighted by atomic mass is 16.3. The Labute approximate surface area is 146 Å². The monoisotopic (exact) mass is 339 g/mol. The molecular weight excluding hydrogens is 318 g/mol. The number of carbonyl (C=O) groups is 2. The molecule has 0 fully saturated rings. The number of hydrogen-bond acceptors (Lipinski definition) is 4. The van der Waals surface area contributed by atoms with Crippen LogP contribution in [0.3, 0.4) is 0 Å². The molecule has 130 valence electrons. The standard InChI is InChI=1S/C19H21N3O3/c1-12-7-9-15(10-8-12)20-17(23)11-14(3)21-22-19(25)16-6-4-5-13(2)18(16)24/h4-10,24H,11H2,1-3H3,(H,20,23)(H,22,25)/b21-14-. The van der Waals surface area contributed by atoms with Crippen LogP contribution in [0.25, 0.3) is 0 Å². The number of aromatic hydroxyl groups is 1. The molecule has 0 heterocycles. The molecule has 0 aliphatic heterocycles. The molecule has 0 saturated carbocycles. The fourth-order valence-corrected chi connectivity index (χ4v) is 2.16. The lowest BCUT2D eigenvalue weighted by molar-refractivity contribution is -0.115. The second-order valence-corrected chi connectivity index (χ2v) is 5.85. The molecule has 2 aromatic rings. The molecule has 25 heavy (non-hydrogen) atoms. The minimum atomic E-state index is -0.528. The number of benzene rings is 2. The van der Waals surface area contributed by atoms with Gasteiger partial charge in [0.15, 0.2) is 0 Å². The lowest BCUT2D eigenvalue weighted by Crippen LogP contribution is -2.21. The predicted molar refractivity (Wildman–Crippen MR) is 97.8 cm³/mol. The summed E-state index contributed by atoms with van der Waals surface area (Å²) in [5.41, 5.74) is 5.36. The number of phenolic OH excluding ortho intramolecular Hbond substituents is 1. The highest BCUT2D eigenvalue weighted by Crippen LogP contribution is 2.21. The minimum Gasteiger partial charge on any atom is -0.507 e. The largest absolute Gasteiger partial charge is 0.507 e. The molecule has 0 atom stereocenters. The lowest BCUT2D eigenvalue weighted by atomic mass is 10.1. The smallest absolute Gasteiger partial charge is 0.275 e. The van der Waals surface area contributed by atoms with Crippen LogP contribution in [0.4, 0.5) is 5.69 Å². The molecular formula is C19H21N3O3. The maximum atomic E-state index is 12.1. The molecule has 0 aromatic heterocycles. The van der Waals surface area contributed by atoms with Crippen molar-refractivity contribution in [3.05, 3.63) is 59.2 Å². The summed E-state index contributed by atoms with van der Waals surface area (Å²) < 4.78 is 0. The second-order valence-electron chi connectivity index (χ2n) is 5.85. The summed E-state index contributed by atoms with van der Waals surface area (Å²) in [6, 6.07) is 12.3. The van der Waals surface area contributed by atoms with Crippen LogP contribution < -0.4 is 10.7 Å². The lowest BCUT2D eigenvalue weighted by Gasteiger charge is -2.07. The van der Waals surface area contributed by atoms with Gasteiger partial charge in [-0.25, -0.2) is 5.43 Å². The summed E-state index contributed by atoms with van der Waals surface area (Å²) in [6.07, 6.45) is 0.0496. The van der Waals surface area contributed by atoms with Crippen LogP contribution in [-0.2, 0) is 4.79 Å². The molecule has 0 aliphatic rings. The van der Waals surface area contributed by atoms with Gasteiger partial charge in [0.25, 0.3) is 5.91 Å². The summed E-state index contributed by atoms with van der Waals surface area (Å²) in [5, 5.41) is 16.6. The first-order valence-electron chi connectivity index (χ1n) is 7.85. The van der Waals surface area contributed by atoms with Crippen LogP contribution in [-0.4, -0.2) is 22.6 Å². The van der Waals surface area contributed by atoms with E-state index in [9.17, 15) is 14.7 Å². The van der Waals surface area contributed by atoms with Gasteiger partial charge in [0, 0.05) is 11.4 Å². The summed E-state index contributed by atoms with van der Waals surface area (Å²) in [7, 11) is 0. The van der Waals surface area contributed by atoms with Gasteiger partial charge >= 0.3 is 0 Å². The van der Waals surface area contributed by atoms with Gasteiger partial charge in [0.2, 0.25) is 5.91 Å². The molecule has 0 bridgehead atoms. The van der Waals surface area contributed by atoms with Gasteiger partial charge in [-0.3, -0.25) is 9.59 Å². The van der Waals surface area contributed by atoms with Crippen LogP contribution >= 0.6 is 0 Å². The van der Waals surface area contributed by atoms with E-state index in [0.717, 1.165) is 5.56 Å². The van der Waals surface area contributed by atoms with Crippen molar-refractivity contribution < 1.29 is 14.7 Å². The molecule has 3 N–H and O–H groups in total. The number of para-hydroxylation sites is 1. The average molecular weight is 339 g/mol. The first kappa shape index (κ1) is 18.2. The van der Waals surface area contributed by atoms with Gasteiger partial charge in [0.05, 0.1) is 12.0 Å². The highest BCUT2D eigenvalue weighted by Gasteiger charge is 2.12. The Morgan fingerprint density at radius 1 is 1.08 bits per heavy atom. The van der Waals surface area contributed by atoms with Crippen molar-refractivity contribution >= 4 is 23.2 Å². The number of hydrazone groups is 1. The maximum absolute atomic E-state index is 12.1. The van der Waals surface area contributed by atoms with E-state index in [2.05, 4.69) is 15.8 Å². The molecule has 2 rings (SSSR count). The Morgan fingerprint density at radius 3 is 2.44 bits per heavy atom. The zero-order valence-electron chi connectivity index (χ0n) is 14.5. The van der Waals surface area contributed by atoms with Crippen LogP contribution in [0.1, 0.15) is 34.8 Å². The Hall–Kier alpha value is -3.15. The van der Waals surface area contributed by atoms with Crippen molar-refractivity contribution in [3.8, 4) is 5.75 Å². The first-order chi connectivity index (χ1) is 11.9. The predicted octanol–water partition coefficient (Wildman–Crippen LogP) is 3.14. The normalized spacial score (nSPS) is 11.1. The first-order valence-corrected chi connectivity index (χ1v) is 7.85. The fourth-order valence-electron chi connectivity index (χ4n) is 2.16. The summed E-state index contributed by atoms with van der Waals surface area (Å²) in [4.78, 5) is 24.0. The van der Waals surface area contributed by atoms with Gasteiger partial charge in [-0.1, -0.05) is 29.8 Å². The van der Waals surface area contributed by atoms with E-state index in [4.69, 9.17) is 0 Å². The van der Waals surface area contributed by atoms with E-state index >= 15 is 0 Å². The Bertz CT molecular complexity index is 811. The molecule has 2 amide bonds. The van der Waals surface area contributed by atoms with Crippen molar-refractivity contribution in [2.24, 2.45) is 5.10 Å². The molecule has 0 saturated heterocycles. The van der Waals surface area contributed by atoms with Gasteiger partial charge in [-0.15, -0.1) is 0 Å². The molecule has 2 aromatic carbocycles. The highest BCUT2D eigenvalue weighted by molar-refractivity contribution is 6.06. The zero-order valence-corrected chi connectivity index (χ0v) is 14.5. The van der Waals surface area contributed by atoms with Gasteiger partial charge < -0.3 is 10.4 Å². The summed E-state index contributed by atoms with van der Waals surface area (Å²) in [5.74, 6) is -0.831. The van der Waals surface area contributed by atoms with Crippen molar-refractivity contribution in [3.63, 3.8) is 0 Å². The number of amides is 2. The van der Waals surface area contributed by atoms with Gasteiger partial charge in [0.1, 0.15) is 5.75 Å². The van der Waals surface area contributed by atoms with E-state index in [1.54, 1.807) is 26.0 Å². The third-order valence-corrected chi connectivity index (χ3v) is 3.58. The molecule has 0 spiro atoms.